The topological polar surface area (TPSA) is 92.3 Å². The van der Waals surface area contributed by atoms with E-state index in [0.29, 0.717) is 59.2 Å². The highest BCUT2D eigenvalue weighted by Gasteiger charge is 2.35. The molecule has 4 aromatic rings. The third-order valence-corrected chi connectivity index (χ3v) is 7.89. The van der Waals surface area contributed by atoms with E-state index in [0.717, 1.165) is 0 Å². The van der Waals surface area contributed by atoms with Crippen LogP contribution in [0.1, 0.15) is 31.2 Å². The minimum atomic E-state index is -0.837. The smallest absolute Gasteiger partial charge is 0.338 e. The number of ether oxygens (including phenoxy) is 3. The highest BCUT2D eigenvalue weighted by Crippen LogP contribution is 2.38. The molecule has 0 N–H and O–H groups in total. The lowest BCUT2D eigenvalue weighted by atomic mass is 9.95. The number of allylic oxidation sites excluding steroid dienone is 1. The van der Waals surface area contributed by atoms with Crippen molar-refractivity contribution >= 4 is 46.6 Å². The molecule has 0 saturated carbocycles. The van der Waals surface area contributed by atoms with Crippen molar-refractivity contribution in [1.82, 2.24) is 4.57 Å². The summed E-state index contributed by atoms with van der Waals surface area (Å²) in [5, 5.41) is 1.01. The number of aromatic nitrogens is 1. The molecule has 2 aromatic carbocycles. The van der Waals surface area contributed by atoms with Crippen molar-refractivity contribution < 1.29 is 23.4 Å². The van der Waals surface area contributed by atoms with Crippen LogP contribution in [0.4, 0.5) is 0 Å². The highest BCUT2D eigenvalue weighted by atomic mass is 35.5. The summed E-state index contributed by atoms with van der Waals surface area (Å²) in [6, 6.07) is 13.0. The highest BCUT2D eigenvalue weighted by molar-refractivity contribution is 7.07. The van der Waals surface area contributed by atoms with E-state index >= 15 is 0 Å². The second-order valence-corrected chi connectivity index (χ2v) is 10.6. The van der Waals surface area contributed by atoms with Crippen LogP contribution >= 0.6 is 34.5 Å². The third kappa shape index (κ3) is 5.08. The zero-order valence-electron chi connectivity index (χ0n) is 22.0. The Balaban J connectivity index is 1.68. The van der Waals surface area contributed by atoms with Gasteiger partial charge >= 0.3 is 5.97 Å². The van der Waals surface area contributed by atoms with E-state index < -0.39 is 12.0 Å². The maximum absolute atomic E-state index is 13.9. The van der Waals surface area contributed by atoms with E-state index in [9.17, 15) is 9.59 Å². The summed E-state index contributed by atoms with van der Waals surface area (Å²) in [5.74, 6) is 1.41. The molecule has 0 bridgehead atoms. The van der Waals surface area contributed by atoms with Crippen LogP contribution in [0.3, 0.4) is 0 Å². The number of carbonyl (C=O) groups is 1. The fourth-order valence-corrected chi connectivity index (χ4v) is 5.93. The van der Waals surface area contributed by atoms with Crippen molar-refractivity contribution in [3.05, 3.63) is 101 Å². The van der Waals surface area contributed by atoms with E-state index in [1.165, 1.54) is 23.0 Å². The summed E-state index contributed by atoms with van der Waals surface area (Å²) in [6.45, 7) is 3.62. The van der Waals surface area contributed by atoms with Crippen molar-refractivity contribution in [2.75, 3.05) is 20.8 Å². The number of methoxy groups -OCH3 is 2. The average Bonchev–Trinajstić information content (AvgIpc) is 3.53. The molecule has 206 valence electrons. The van der Waals surface area contributed by atoms with E-state index in [-0.39, 0.29) is 17.7 Å². The van der Waals surface area contributed by atoms with Crippen molar-refractivity contribution in [2.24, 2.45) is 4.99 Å². The Bertz CT molecular complexity index is 1840. The SMILES string of the molecule is CCOC(=O)C1=C(C)N=c2s/c(=C/c3ccc(-c4cc(Cl)ccc4Cl)o3)c(=O)n2[C@@H]1c1ccc(OC)cc1OC. The average molecular weight is 599 g/mol. The molecule has 0 saturated heterocycles. The van der Waals surface area contributed by atoms with Gasteiger partial charge in [0.2, 0.25) is 0 Å². The molecule has 3 heterocycles. The summed E-state index contributed by atoms with van der Waals surface area (Å²) in [4.78, 5) is 32.1. The standard InChI is InChI=1S/C29H24Cl2N2O6S/c1-5-38-28(35)25-15(2)32-29-33(26(25)19-9-7-17(36-3)13-23(19)37-4)27(34)24(40-29)14-18-8-11-22(39-18)20-12-16(30)6-10-21(20)31/h6-14,26H,5H2,1-4H3/b24-14+/t26-/m1/s1. The number of carbonyl (C=O) groups excluding carboxylic acids is 1. The molecular weight excluding hydrogens is 575 g/mol. The van der Waals surface area contributed by atoms with E-state index in [1.807, 2.05) is 0 Å². The first-order valence-corrected chi connectivity index (χ1v) is 13.8. The molecule has 0 amide bonds. The number of furan rings is 1. The number of benzene rings is 2. The van der Waals surface area contributed by atoms with Gasteiger partial charge in [-0.3, -0.25) is 9.36 Å². The Morgan fingerprint density at radius 3 is 2.65 bits per heavy atom. The lowest BCUT2D eigenvalue weighted by Gasteiger charge is -2.26. The van der Waals surface area contributed by atoms with Gasteiger partial charge in [0.1, 0.15) is 29.1 Å². The Hall–Kier alpha value is -3.79. The first-order chi connectivity index (χ1) is 19.2. The summed E-state index contributed by atoms with van der Waals surface area (Å²) in [7, 11) is 3.06. The van der Waals surface area contributed by atoms with E-state index in [2.05, 4.69) is 4.99 Å². The Labute approximate surface area is 243 Å². The van der Waals surface area contributed by atoms with Crippen molar-refractivity contribution in [3.63, 3.8) is 0 Å². The normalized spacial score (nSPS) is 15.1. The van der Waals surface area contributed by atoms with Crippen LogP contribution in [-0.4, -0.2) is 31.4 Å². The zero-order chi connectivity index (χ0) is 28.6. The second-order valence-electron chi connectivity index (χ2n) is 8.74. The van der Waals surface area contributed by atoms with Crippen LogP contribution in [0.2, 0.25) is 10.0 Å². The number of thiazole rings is 1. The summed E-state index contributed by atoms with van der Waals surface area (Å²) >= 11 is 13.7. The van der Waals surface area contributed by atoms with Gasteiger partial charge in [-0.25, -0.2) is 9.79 Å². The maximum Gasteiger partial charge on any atom is 0.338 e. The fraction of sp³-hybridized carbons (Fsp3) is 0.207. The molecule has 2 aromatic heterocycles. The minimum absolute atomic E-state index is 0.171. The Kier molecular flexibility index (Phi) is 7.89. The van der Waals surface area contributed by atoms with Gasteiger partial charge in [-0.1, -0.05) is 34.5 Å². The monoisotopic (exact) mass is 598 g/mol. The Morgan fingerprint density at radius 2 is 1.93 bits per heavy atom. The number of fused-ring (bicyclic) bond motifs is 1. The molecule has 1 aliphatic rings. The summed E-state index contributed by atoms with van der Waals surface area (Å²) in [5.41, 5.74) is 1.57. The number of halogens is 2. The molecule has 0 spiro atoms. The number of hydrogen-bond acceptors (Lipinski definition) is 8. The molecule has 0 fully saturated rings. The number of nitrogens with zero attached hydrogens (tertiary/aromatic N) is 2. The molecule has 40 heavy (non-hydrogen) atoms. The fourth-order valence-electron chi connectivity index (χ4n) is 4.52. The first-order valence-electron chi connectivity index (χ1n) is 12.2. The lowest BCUT2D eigenvalue weighted by molar-refractivity contribution is -0.139. The summed E-state index contributed by atoms with van der Waals surface area (Å²) in [6.07, 6.45) is 1.64. The molecule has 1 atom stereocenters. The summed E-state index contributed by atoms with van der Waals surface area (Å²) < 4.78 is 24.2. The van der Waals surface area contributed by atoms with Gasteiger partial charge in [0.25, 0.3) is 5.56 Å². The van der Waals surface area contributed by atoms with Gasteiger partial charge < -0.3 is 18.6 Å². The van der Waals surface area contributed by atoms with Crippen molar-refractivity contribution in [3.8, 4) is 22.8 Å². The van der Waals surface area contributed by atoms with E-state index in [1.54, 1.807) is 75.6 Å². The molecule has 5 rings (SSSR count). The molecule has 8 nitrogen and oxygen atoms in total. The second kappa shape index (κ2) is 11.4. The van der Waals surface area contributed by atoms with Crippen molar-refractivity contribution in [1.29, 1.82) is 0 Å². The van der Waals surface area contributed by atoms with Crippen LogP contribution in [0.5, 0.6) is 11.5 Å². The molecular formula is C29H24Cl2N2O6S. The molecule has 1 aliphatic heterocycles. The number of hydrogen-bond donors (Lipinski definition) is 0. The molecule has 0 radical (unpaired) electrons. The van der Waals surface area contributed by atoms with Crippen LogP contribution in [0.15, 0.2) is 74.0 Å². The van der Waals surface area contributed by atoms with Gasteiger partial charge in [-0.2, -0.15) is 0 Å². The predicted octanol–water partition coefficient (Wildman–Crippen LogP) is 5.38. The number of rotatable bonds is 7. The van der Waals surface area contributed by atoms with Gasteiger partial charge in [0.15, 0.2) is 4.80 Å². The largest absolute Gasteiger partial charge is 0.497 e. The quantitative estimate of drug-likeness (QED) is 0.265. The zero-order valence-corrected chi connectivity index (χ0v) is 24.3. The number of esters is 1. The molecule has 0 unspecified atom stereocenters. The van der Waals surface area contributed by atoms with Gasteiger partial charge in [-0.05, 0) is 56.3 Å². The predicted molar refractivity (Wildman–Crippen MR) is 154 cm³/mol. The maximum atomic E-state index is 13.9. The van der Waals surface area contributed by atoms with Crippen LogP contribution in [-0.2, 0) is 9.53 Å². The first kappa shape index (κ1) is 27.8. The lowest BCUT2D eigenvalue weighted by Crippen LogP contribution is -2.40. The Morgan fingerprint density at radius 1 is 1.12 bits per heavy atom. The third-order valence-electron chi connectivity index (χ3n) is 6.35. The molecule has 11 heteroatoms. The van der Waals surface area contributed by atoms with Gasteiger partial charge in [0.05, 0.1) is 41.7 Å². The van der Waals surface area contributed by atoms with Crippen LogP contribution in [0, 0.1) is 0 Å². The van der Waals surface area contributed by atoms with Gasteiger partial charge in [-0.15, -0.1) is 0 Å². The molecule has 0 aliphatic carbocycles. The van der Waals surface area contributed by atoms with Crippen LogP contribution < -0.4 is 24.4 Å². The van der Waals surface area contributed by atoms with Crippen LogP contribution in [0.25, 0.3) is 17.4 Å². The van der Waals surface area contributed by atoms with E-state index in [4.69, 9.17) is 41.8 Å². The van der Waals surface area contributed by atoms with Crippen molar-refractivity contribution in [2.45, 2.75) is 19.9 Å². The van der Waals surface area contributed by atoms with Gasteiger partial charge in [0, 0.05) is 28.3 Å². The minimum Gasteiger partial charge on any atom is -0.497 e.